The van der Waals surface area contributed by atoms with Gasteiger partial charge in [-0.1, -0.05) is 48.1 Å². The highest BCUT2D eigenvalue weighted by Gasteiger charge is 2.09. The first-order valence-corrected chi connectivity index (χ1v) is 7.26. The van der Waals surface area contributed by atoms with Crippen LogP contribution in [0.2, 0.25) is 5.02 Å². The molecule has 0 radical (unpaired) electrons. The lowest BCUT2D eigenvalue weighted by atomic mass is 10.1. The van der Waals surface area contributed by atoms with Gasteiger partial charge in [-0.2, -0.15) is 0 Å². The van der Waals surface area contributed by atoms with Gasteiger partial charge in [0.1, 0.15) is 10.8 Å². The molecule has 0 aliphatic carbocycles. The van der Waals surface area contributed by atoms with Crippen molar-refractivity contribution in [1.29, 1.82) is 0 Å². The molecular weight excluding hydrogens is 307 g/mol. The van der Waals surface area contributed by atoms with Gasteiger partial charge in [0.2, 0.25) is 0 Å². The van der Waals surface area contributed by atoms with Gasteiger partial charge in [-0.05, 0) is 36.4 Å². The molecule has 2 N–H and O–H groups in total. The molecule has 0 atom stereocenters. The Bertz CT molecular complexity index is 660. The molecule has 0 saturated heterocycles. The monoisotopic (exact) mass is 322 g/mol. The highest BCUT2D eigenvalue weighted by molar-refractivity contribution is 7.80. The fourth-order valence-corrected chi connectivity index (χ4v) is 2.50. The second-order valence-corrected chi connectivity index (χ2v) is 5.79. The van der Waals surface area contributed by atoms with Crippen molar-refractivity contribution in [2.75, 3.05) is 7.05 Å². The summed E-state index contributed by atoms with van der Waals surface area (Å²) in [5.74, 6) is -0.389. The Morgan fingerprint density at radius 3 is 2.62 bits per heavy atom. The molecule has 0 aromatic heterocycles. The van der Waals surface area contributed by atoms with E-state index in [9.17, 15) is 4.39 Å². The molecule has 2 aromatic rings. The van der Waals surface area contributed by atoms with E-state index in [4.69, 9.17) is 29.6 Å². The second kappa shape index (κ2) is 6.98. The smallest absolute Gasteiger partial charge is 0.133 e. The fourth-order valence-electron chi connectivity index (χ4n) is 2.14. The van der Waals surface area contributed by atoms with Crippen molar-refractivity contribution >= 4 is 28.8 Å². The summed E-state index contributed by atoms with van der Waals surface area (Å²) in [5.41, 5.74) is 7.81. The highest BCUT2D eigenvalue weighted by Crippen LogP contribution is 2.18. The Labute approximate surface area is 134 Å². The van der Waals surface area contributed by atoms with Crippen LogP contribution in [0.3, 0.4) is 0 Å². The number of thiocarbonyl (C=S) groups is 1. The molecule has 0 bridgehead atoms. The first-order chi connectivity index (χ1) is 9.97. The zero-order valence-corrected chi connectivity index (χ0v) is 13.2. The molecule has 2 aromatic carbocycles. The van der Waals surface area contributed by atoms with Gasteiger partial charge in [0.15, 0.2) is 0 Å². The number of halogens is 2. The number of nitrogens with zero attached hydrogens (tertiary/aromatic N) is 1. The minimum absolute atomic E-state index is 0.0723. The van der Waals surface area contributed by atoms with Gasteiger partial charge in [-0.15, -0.1) is 0 Å². The van der Waals surface area contributed by atoms with Gasteiger partial charge < -0.3 is 5.73 Å². The molecule has 5 heteroatoms. The van der Waals surface area contributed by atoms with Crippen LogP contribution in [0.5, 0.6) is 0 Å². The molecule has 2 nitrogen and oxygen atoms in total. The second-order valence-electron chi connectivity index (χ2n) is 4.94. The quantitative estimate of drug-likeness (QED) is 0.850. The van der Waals surface area contributed by atoms with Gasteiger partial charge in [0.05, 0.1) is 0 Å². The molecule has 21 heavy (non-hydrogen) atoms. The van der Waals surface area contributed by atoms with E-state index in [1.807, 2.05) is 31.3 Å². The molecule has 0 aliphatic rings. The standard InChI is InChI=1S/C16H16ClFN2S/c1-20(10-12-4-2-3-5-14(12)17)9-11-6-7-15(18)13(8-11)16(19)21/h2-8H,9-10H2,1H3,(H2,19,21). The molecule has 0 fully saturated rings. The maximum Gasteiger partial charge on any atom is 0.133 e. The van der Waals surface area contributed by atoms with Gasteiger partial charge >= 0.3 is 0 Å². The van der Waals surface area contributed by atoms with E-state index in [-0.39, 0.29) is 16.4 Å². The topological polar surface area (TPSA) is 29.3 Å². The average Bonchev–Trinajstić information content (AvgIpc) is 2.43. The molecule has 0 unspecified atom stereocenters. The van der Waals surface area contributed by atoms with Crippen LogP contribution >= 0.6 is 23.8 Å². The molecule has 0 saturated carbocycles. The number of hydrogen-bond acceptors (Lipinski definition) is 2. The zero-order valence-electron chi connectivity index (χ0n) is 11.6. The Morgan fingerprint density at radius 1 is 1.24 bits per heavy atom. The normalized spacial score (nSPS) is 10.9. The van der Waals surface area contributed by atoms with Crippen molar-refractivity contribution in [3.8, 4) is 0 Å². The first-order valence-electron chi connectivity index (χ1n) is 6.47. The summed E-state index contributed by atoms with van der Waals surface area (Å²) in [6, 6.07) is 12.5. The van der Waals surface area contributed by atoms with Gasteiger partial charge in [-0.3, -0.25) is 4.90 Å². The zero-order chi connectivity index (χ0) is 15.4. The minimum atomic E-state index is -0.389. The van der Waals surface area contributed by atoms with Crippen molar-refractivity contribution < 1.29 is 4.39 Å². The van der Waals surface area contributed by atoms with Crippen LogP contribution in [0.1, 0.15) is 16.7 Å². The average molecular weight is 323 g/mol. The van der Waals surface area contributed by atoms with Gasteiger partial charge in [-0.25, -0.2) is 4.39 Å². The predicted octanol–water partition coefficient (Wildman–Crippen LogP) is 3.75. The van der Waals surface area contributed by atoms with Crippen molar-refractivity contribution in [1.82, 2.24) is 4.90 Å². The number of benzene rings is 2. The molecule has 2 rings (SSSR count). The third kappa shape index (κ3) is 4.24. The lowest BCUT2D eigenvalue weighted by molar-refractivity contribution is 0.319. The lowest BCUT2D eigenvalue weighted by Gasteiger charge is -2.18. The summed E-state index contributed by atoms with van der Waals surface area (Å²) in [7, 11) is 1.98. The fraction of sp³-hybridized carbons (Fsp3) is 0.188. The minimum Gasteiger partial charge on any atom is -0.389 e. The molecular formula is C16H16ClFN2S. The van der Waals surface area contributed by atoms with Crippen LogP contribution in [0.15, 0.2) is 42.5 Å². The summed E-state index contributed by atoms with van der Waals surface area (Å²) < 4.78 is 13.6. The van der Waals surface area contributed by atoms with E-state index in [1.165, 1.54) is 6.07 Å². The third-order valence-electron chi connectivity index (χ3n) is 3.15. The number of rotatable bonds is 5. The van der Waals surface area contributed by atoms with Crippen molar-refractivity contribution in [2.24, 2.45) is 5.73 Å². The maximum atomic E-state index is 13.6. The van der Waals surface area contributed by atoms with E-state index in [2.05, 4.69) is 4.90 Å². The highest BCUT2D eigenvalue weighted by atomic mass is 35.5. The molecule has 0 spiro atoms. The maximum absolute atomic E-state index is 13.6. The Balaban J connectivity index is 2.09. The summed E-state index contributed by atoms with van der Waals surface area (Å²) in [6.07, 6.45) is 0. The molecule has 0 aliphatic heterocycles. The largest absolute Gasteiger partial charge is 0.389 e. The van der Waals surface area contributed by atoms with Crippen molar-refractivity contribution in [3.63, 3.8) is 0 Å². The van der Waals surface area contributed by atoms with E-state index in [1.54, 1.807) is 12.1 Å². The summed E-state index contributed by atoms with van der Waals surface area (Å²) in [4.78, 5) is 2.17. The SMILES string of the molecule is CN(Cc1ccc(F)c(C(N)=S)c1)Cc1ccccc1Cl. The van der Waals surface area contributed by atoms with Gasteiger partial charge in [0.25, 0.3) is 0 Å². The first kappa shape index (κ1) is 15.9. The number of hydrogen-bond donors (Lipinski definition) is 1. The van der Waals surface area contributed by atoms with Crippen LogP contribution in [-0.2, 0) is 13.1 Å². The van der Waals surface area contributed by atoms with Crippen molar-refractivity contribution in [3.05, 3.63) is 70.0 Å². The lowest BCUT2D eigenvalue weighted by Crippen LogP contribution is -2.18. The third-order valence-corrected chi connectivity index (χ3v) is 3.74. The predicted molar refractivity (Wildman–Crippen MR) is 88.9 cm³/mol. The Kier molecular flexibility index (Phi) is 5.28. The Hall–Kier alpha value is -1.49. The molecule has 0 heterocycles. The van der Waals surface area contributed by atoms with E-state index in [0.717, 1.165) is 16.1 Å². The summed E-state index contributed by atoms with van der Waals surface area (Å²) in [6.45, 7) is 1.36. The summed E-state index contributed by atoms with van der Waals surface area (Å²) >= 11 is 11.0. The van der Waals surface area contributed by atoms with E-state index < -0.39 is 0 Å². The molecule has 110 valence electrons. The summed E-state index contributed by atoms with van der Waals surface area (Å²) in [5, 5.41) is 0.743. The van der Waals surface area contributed by atoms with E-state index in [0.29, 0.717) is 13.1 Å². The Morgan fingerprint density at radius 2 is 1.95 bits per heavy atom. The van der Waals surface area contributed by atoms with Crippen LogP contribution < -0.4 is 5.73 Å². The molecule has 0 amide bonds. The van der Waals surface area contributed by atoms with Crippen LogP contribution in [0.25, 0.3) is 0 Å². The van der Waals surface area contributed by atoms with E-state index >= 15 is 0 Å². The van der Waals surface area contributed by atoms with Crippen LogP contribution in [0.4, 0.5) is 4.39 Å². The van der Waals surface area contributed by atoms with Gasteiger partial charge in [0, 0.05) is 23.7 Å². The van der Waals surface area contributed by atoms with Crippen LogP contribution in [0, 0.1) is 5.82 Å². The number of nitrogens with two attached hydrogens (primary N) is 1. The van der Waals surface area contributed by atoms with Crippen molar-refractivity contribution in [2.45, 2.75) is 13.1 Å². The van der Waals surface area contributed by atoms with Crippen LogP contribution in [-0.4, -0.2) is 16.9 Å².